The number of rotatable bonds is 6. The Labute approximate surface area is 155 Å². The molecule has 2 aromatic rings. The largest absolute Gasteiger partial charge is 0.361 e. The summed E-state index contributed by atoms with van der Waals surface area (Å²) in [6.07, 6.45) is 3.38. The molecular formula is C16H21N7O2S. The van der Waals surface area contributed by atoms with E-state index in [-0.39, 0.29) is 5.69 Å². The lowest BCUT2D eigenvalue weighted by Crippen LogP contribution is -2.46. The molecule has 2 aromatic heterocycles. The van der Waals surface area contributed by atoms with Gasteiger partial charge in [-0.25, -0.2) is 9.97 Å². The van der Waals surface area contributed by atoms with Crippen LogP contribution in [0.2, 0.25) is 0 Å². The van der Waals surface area contributed by atoms with Crippen LogP contribution in [0.4, 0.5) is 17.5 Å². The van der Waals surface area contributed by atoms with Crippen molar-refractivity contribution in [3.8, 4) is 0 Å². The number of aryl methyl sites for hydroxylation is 1. The van der Waals surface area contributed by atoms with Crippen LogP contribution in [-0.4, -0.2) is 57.0 Å². The Kier molecular flexibility index (Phi) is 4.68. The van der Waals surface area contributed by atoms with Crippen molar-refractivity contribution in [2.24, 2.45) is 0 Å². The lowest BCUT2D eigenvalue weighted by Gasteiger charge is -2.34. The number of piperazine rings is 1. The van der Waals surface area contributed by atoms with E-state index in [1.165, 1.54) is 6.20 Å². The summed E-state index contributed by atoms with van der Waals surface area (Å²) in [5, 5.41) is 17.5. The van der Waals surface area contributed by atoms with E-state index in [0.717, 1.165) is 56.3 Å². The molecule has 10 heteroatoms. The van der Waals surface area contributed by atoms with Crippen molar-refractivity contribution in [2.45, 2.75) is 32.4 Å². The van der Waals surface area contributed by atoms with E-state index in [2.05, 4.69) is 35.4 Å². The zero-order valence-electron chi connectivity index (χ0n) is 14.6. The monoisotopic (exact) mass is 375 g/mol. The molecule has 0 bridgehead atoms. The first kappa shape index (κ1) is 17.1. The molecular weight excluding hydrogens is 354 g/mol. The molecule has 0 atom stereocenters. The topological polar surface area (TPSA) is 100 Å². The highest BCUT2D eigenvalue weighted by Gasteiger charge is 2.28. The van der Waals surface area contributed by atoms with Crippen LogP contribution in [0, 0.1) is 17.0 Å². The molecule has 2 fully saturated rings. The maximum Gasteiger partial charge on any atom is 0.329 e. The van der Waals surface area contributed by atoms with E-state index in [1.807, 2.05) is 6.92 Å². The fourth-order valence-electron chi connectivity index (χ4n) is 3.00. The van der Waals surface area contributed by atoms with Gasteiger partial charge in [0, 0.05) is 44.1 Å². The predicted octanol–water partition coefficient (Wildman–Crippen LogP) is 2.05. The van der Waals surface area contributed by atoms with Gasteiger partial charge in [-0.05, 0) is 19.8 Å². The molecule has 1 N–H and O–H groups in total. The summed E-state index contributed by atoms with van der Waals surface area (Å²) >= 11 is 1.68. The highest BCUT2D eigenvalue weighted by Crippen LogP contribution is 2.30. The number of hydrogen-bond acceptors (Lipinski definition) is 9. The standard InChI is InChI=1S/C16H21N7O2S/c1-11-18-13(10-26-11)9-21-4-6-22(7-5-21)16-17-8-14(23(24)25)15(20-16)19-12-2-3-12/h8,10,12H,2-7,9H2,1H3,(H,17,19,20). The van der Waals surface area contributed by atoms with Gasteiger partial charge in [-0.2, -0.15) is 4.98 Å². The molecule has 9 nitrogen and oxygen atoms in total. The van der Waals surface area contributed by atoms with Gasteiger partial charge >= 0.3 is 5.69 Å². The van der Waals surface area contributed by atoms with E-state index < -0.39 is 4.92 Å². The first-order valence-electron chi connectivity index (χ1n) is 8.75. The minimum Gasteiger partial charge on any atom is -0.361 e. The second kappa shape index (κ2) is 7.12. The Balaban J connectivity index is 1.41. The third-order valence-corrected chi connectivity index (χ3v) is 5.40. The van der Waals surface area contributed by atoms with Gasteiger partial charge in [-0.3, -0.25) is 15.0 Å². The summed E-state index contributed by atoms with van der Waals surface area (Å²) < 4.78 is 0. The minimum atomic E-state index is -0.428. The van der Waals surface area contributed by atoms with Crippen molar-refractivity contribution >= 4 is 28.8 Å². The van der Waals surface area contributed by atoms with Crippen LogP contribution in [0.5, 0.6) is 0 Å². The Morgan fingerprint density at radius 2 is 2.08 bits per heavy atom. The zero-order valence-corrected chi connectivity index (χ0v) is 15.4. The Morgan fingerprint density at radius 1 is 1.31 bits per heavy atom. The normalized spacial score (nSPS) is 18.1. The summed E-state index contributed by atoms with van der Waals surface area (Å²) in [5.74, 6) is 0.894. The minimum absolute atomic E-state index is 0.0572. The van der Waals surface area contributed by atoms with Crippen LogP contribution in [0.1, 0.15) is 23.5 Å². The number of anilines is 2. The fourth-order valence-corrected chi connectivity index (χ4v) is 3.60. The lowest BCUT2D eigenvalue weighted by molar-refractivity contribution is -0.384. The van der Waals surface area contributed by atoms with Crippen molar-refractivity contribution in [3.63, 3.8) is 0 Å². The van der Waals surface area contributed by atoms with Gasteiger partial charge in [0.1, 0.15) is 6.20 Å². The van der Waals surface area contributed by atoms with Gasteiger partial charge in [-0.1, -0.05) is 0 Å². The van der Waals surface area contributed by atoms with E-state index in [4.69, 9.17) is 0 Å². The molecule has 0 unspecified atom stereocenters. The Bertz CT molecular complexity index is 800. The average molecular weight is 375 g/mol. The maximum absolute atomic E-state index is 11.2. The second-order valence-electron chi connectivity index (χ2n) is 6.70. The summed E-state index contributed by atoms with van der Waals surface area (Å²) in [7, 11) is 0. The number of hydrogen-bond donors (Lipinski definition) is 1. The number of aromatic nitrogens is 3. The van der Waals surface area contributed by atoms with Crippen LogP contribution in [0.25, 0.3) is 0 Å². The van der Waals surface area contributed by atoms with Crippen molar-refractivity contribution in [3.05, 3.63) is 32.4 Å². The van der Waals surface area contributed by atoms with Gasteiger partial charge in [0.05, 0.1) is 15.6 Å². The first-order valence-corrected chi connectivity index (χ1v) is 9.63. The van der Waals surface area contributed by atoms with Crippen LogP contribution >= 0.6 is 11.3 Å². The molecule has 26 heavy (non-hydrogen) atoms. The smallest absolute Gasteiger partial charge is 0.329 e. The van der Waals surface area contributed by atoms with Gasteiger partial charge in [0.25, 0.3) is 0 Å². The Morgan fingerprint density at radius 3 is 2.69 bits per heavy atom. The lowest BCUT2D eigenvalue weighted by atomic mass is 10.3. The van der Waals surface area contributed by atoms with E-state index in [9.17, 15) is 10.1 Å². The highest BCUT2D eigenvalue weighted by atomic mass is 32.1. The predicted molar refractivity (Wildman–Crippen MR) is 99.7 cm³/mol. The molecule has 3 heterocycles. The van der Waals surface area contributed by atoms with Crippen LogP contribution < -0.4 is 10.2 Å². The number of nitrogens with zero attached hydrogens (tertiary/aromatic N) is 6. The van der Waals surface area contributed by atoms with Crippen molar-refractivity contribution in [1.29, 1.82) is 0 Å². The van der Waals surface area contributed by atoms with Gasteiger partial charge in [-0.15, -0.1) is 11.3 Å². The molecule has 0 amide bonds. The van der Waals surface area contributed by atoms with E-state index in [1.54, 1.807) is 11.3 Å². The third-order valence-electron chi connectivity index (χ3n) is 4.58. The first-order chi connectivity index (χ1) is 12.6. The van der Waals surface area contributed by atoms with Gasteiger partial charge < -0.3 is 10.2 Å². The molecule has 0 radical (unpaired) electrons. The average Bonchev–Trinajstić information content (AvgIpc) is 3.35. The molecule has 4 rings (SSSR count). The maximum atomic E-state index is 11.2. The molecule has 1 saturated carbocycles. The number of nitrogens with one attached hydrogen (secondary N) is 1. The summed E-state index contributed by atoms with van der Waals surface area (Å²) in [6.45, 7) is 6.25. The number of thiazole rings is 1. The summed E-state index contributed by atoms with van der Waals surface area (Å²) in [4.78, 5) is 28.4. The molecule has 1 aliphatic heterocycles. The molecule has 1 saturated heterocycles. The summed E-state index contributed by atoms with van der Waals surface area (Å²) in [6, 6.07) is 0.301. The second-order valence-corrected chi connectivity index (χ2v) is 7.76. The summed E-state index contributed by atoms with van der Waals surface area (Å²) in [5.41, 5.74) is 1.06. The molecule has 1 aliphatic carbocycles. The van der Waals surface area contributed by atoms with Crippen LogP contribution in [-0.2, 0) is 6.54 Å². The molecule has 0 spiro atoms. The van der Waals surface area contributed by atoms with E-state index >= 15 is 0 Å². The van der Waals surface area contributed by atoms with Crippen molar-refractivity contribution < 1.29 is 4.92 Å². The quantitative estimate of drug-likeness (QED) is 0.605. The van der Waals surface area contributed by atoms with Crippen LogP contribution in [0.3, 0.4) is 0 Å². The zero-order chi connectivity index (χ0) is 18.1. The third kappa shape index (κ3) is 3.91. The van der Waals surface area contributed by atoms with Crippen molar-refractivity contribution in [1.82, 2.24) is 19.9 Å². The molecule has 2 aliphatic rings. The van der Waals surface area contributed by atoms with Gasteiger partial charge in [0.15, 0.2) is 0 Å². The van der Waals surface area contributed by atoms with Gasteiger partial charge in [0.2, 0.25) is 11.8 Å². The number of nitro groups is 1. The highest BCUT2D eigenvalue weighted by molar-refractivity contribution is 7.09. The SMILES string of the molecule is Cc1nc(CN2CCN(c3ncc([N+](=O)[O-])c(NC4CC4)n3)CC2)cs1. The van der Waals surface area contributed by atoms with E-state index in [0.29, 0.717) is 17.8 Å². The van der Waals surface area contributed by atoms with Crippen LogP contribution in [0.15, 0.2) is 11.6 Å². The Hall–Kier alpha value is -2.33. The van der Waals surface area contributed by atoms with Crippen molar-refractivity contribution in [2.75, 3.05) is 36.4 Å². The molecule has 138 valence electrons. The fraction of sp³-hybridized carbons (Fsp3) is 0.562. The molecule has 0 aromatic carbocycles.